The number of fused-ring (bicyclic) bond motifs is 3. The second kappa shape index (κ2) is 10.2. The number of nitrogens with zero attached hydrogens (tertiary/aromatic N) is 1. The molecule has 7 nitrogen and oxygen atoms in total. The van der Waals surface area contributed by atoms with Gasteiger partial charge >= 0.3 is 18.9 Å². The third-order valence-corrected chi connectivity index (χ3v) is 5.62. The van der Waals surface area contributed by atoms with E-state index in [0.717, 1.165) is 35.1 Å². The molecule has 0 saturated carbocycles. The molecule has 7 heteroatoms. The molecule has 0 aromatic heterocycles. The van der Waals surface area contributed by atoms with Crippen molar-refractivity contribution in [3.05, 3.63) is 59.7 Å². The maximum absolute atomic E-state index is 12.6. The van der Waals surface area contributed by atoms with E-state index < -0.39 is 17.1 Å². The number of ketones is 1. The van der Waals surface area contributed by atoms with Crippen molar-refractivity contribution in [3.8, 4) is 11.1 Å². The number of hydroxylamine groups is 1. The van der Waals surface area contributed by atoms with E-state index in [9.17, 15) is 19.2 Å². The summed E-state index contributed by atoms with van der Waals surface area (Å²) in [4.78, 5) is 53.3. The van der Waals surface area contributed by atoms with Crippen LogP contribution in [-0.4, -0.2) is 42.3 Å². The zero-order chi connectivity index (χ0) is 22.3. The van der Waals surface area contributed by atoms with Gasteiger partial charge in [0.15, 0.2) is 12.3 Å². The van der Waals surface area contributed by atoms with Crippen LogP contribution in [0, 0.1) is 0 Å². The van der Waals surface area contributed by atoms with Gasteiger partial charge in [-0.05, 0) is 28.7 Å². The minimum atomic E-state index is -1.29. The summed E-state index contributed by atoms with van der Waals surface area (Å²) >= 11 is 0. The van der Waals surface area contributed by atoms with Gasteiger partial charge in [0.1, 0.15) is 0 Å². The molecule has 0 spiro atoms. The summed E-state index contributed by atoms with van der Waals surface area (Å²) in [5.74, 6) is -0.417. The fourth-order valence-electron chi connectivity index (χ4n) is 3.92. The highest BCUT2D eigenvalue weighted by Crippen LogP contribution is 2.44. The number of imide groups is 3. The van der Waals surface area contributed by atoms with Crippen LogP contribution in [0.5, 0.6) is 0 Å². The van der Waals surface area contributed by atoms with Gasteiger partial charge in [-0.3, -0.25) is 9.63 Å². The van der Waals surface area contributed by atoms with E-state index in [2.05, 4.69) is 5.48 Å². The largest absolute Gasteiger partial charge is 0.455 e. The summed E-state index contributed by atoms with van der Waals surface area (Å²) in [5, 5.41) is 0. The molecule has 0 aliphatic heterocycles. The normalized spacial score (nSPS) is 12.7. The third-order valence-electron chi connectivity index (χ3n) is 5.62. The number of Topliss-reactive ketones (excluding diaryl/α,β-unsaturated/α-hetero) is 1. The zero-order valence-corrected chi connectivity index (χ0v) is 17.6. The van der Waals surface area contributed by atoms with Crippen molar-refractivity contribution in [3.63, 3.8) is 0 Å². The van der Waals surface area contributed by atoms with Crippen LogP contribution in [0.3, 0.4) is 0 Å². The fraction of sp³-hybridized carbons (Fsp3) is 0.333. The van der Waals surface area contributed by atoms with Crippen LogP contribution in [0.25, 0.3) is 11.1 Å². The van der Waals surface area contributed by atoms with Crippen LogP contribution >= 0.6 is 0 Å². The summed E-state index contributed by atoms with van der Waals surface area (Å²) < 4.78 is -1.29. The quantitative estimate of drug-likeness (QED) is 0.258. The zero-order valence-electron chi connectivity index (χ0n) is 17.6. The van der Waals surface area contributed by atoms with Crippen molar-refractivity contribution in [2.45, 2.75) is 38.5 Å². The molecule has 162 valence electrons. The Balaban J connectivity index is 1.65. The Morgan fingerprint density at radius 1 is 0.968 bits per heavy atom. The van der Waals surface area contributed by atoms with Crippen LogP contribution < -0.4 is 5.48 Å². The Morgan fingerprint density at radius 3 is 2.10 bits per heavy atom. The first kappa shape index (κ1) is 22.5. The number of urea groups is 1. The maximum Gasteiger partial charge on any atom is 0.455 e. The number of carbonyl (C=O) groups is 4. The molecule has 0 atom stereocenters. The summed E-state index contributed by atoms with van der Waals surface area (Å²) in [7, 11) is 0. The summed E-state index contributed by atoms with van der Waals surface area (Å²) in [6.45, 7) is 1.62. The molecule has 2 aromatic rings. The molecule has 0 heterocycles. The van der Waals surface area contributed by atoms with E-state index in [0.29, 0.717) is 6.42 Å². The molecule has 2 aromatic carbocycles. The highest BCUT2D eigenvalue weighted by Gasteiger charge is 2.40. The average Bonchev–Trinajstić information content (AvgIpc) is 3.11. The predicted octanol–water partition coefficient (Wildman–Crippen LogP) is 3.72. The van der Waals surface area contributed by atoms with E-state index in [-0.39, 0.29) is 37.5 Å². The van der Waals surface area contributed by atoms with Gasteiger partial charge in [-0.1, -0.05) is 68.3 Å². The van der Waals surface area contributed by atoms with E-state index >= 15 is 0 Å². The molecule has 0 unspecified atom stereocenters. The fourth-order valence-corrected chi connectivity index (χ4v) is 3.92. The Bertz CT molecular complexity index is 918. The molecular formula is C24H27N2O5+. The summed E-state index contributed by atoms with van der Waals surface area (Å²) in [5.41, 5.74) is 6.59. The first-order chi connectivity index (χ1) is 15.1. The lowest BCUT2D eigenvalue weighted by Crippen LogP contribution is -2.58. The van der Waals surface area contributed by atoms with Crippen LogP contribution in [-0.2, 0) is 19.2 Å². The number of hydrogen-bond acceptors (Lipinski definition) is 5. The van der Waals surface area contributed by atoms with Crippen LogP contribution in [0.15, 0.2) is 48.5 Å². The van der Waals surface area contributed by atoms with Gasteiger partial charge in [0, 0.05) is 12.3 Å². The van der Waals surface area contributed by atoms with Gasteiger partial charge in [0.05, 0.1) is 6.61 Å². The van der Waals surface area contributed by atoms with E-state index in [1.54, 1.807) is 0 Å². The number of carbonyl (C=O) groups excluding carboxylic acids is 4. The smallest absolute Gasteiger partial charge is 0.293 e. The van der Waals surface area contributed by atoms with E-state index in [4.69, 9.17) is 4.84 Å². The van der Waals surface area contributed by atoms with Gasteiger partial charge in [0.25, 0.3) is 0 Å². The van der Waals surface area contributed by atoms with Gasteiger partial charge in [-0.25, -0.2) is 14.4 Å². The molecule has 1 aliphatic carbocycles. The average molecular weight is 423 g/mol. The Hall–Kier alpha value is -3.16. The number of hydrogen-bond donors (Lipinski definition) is 1. The highest BCUT2D eigenvalue weighted by molar-refractivity contribution is 5.89. The Kier molecular flexibility index (Phi) is 7.44. The second-order valence-corrected chi connectivity index (χ2v) is 7.74. The molecular weight excluding hydrogens is 396 g/mol. The van der Waals surface area contributed by atoms with Crippen molar-refractivity contribution in [2.24, 2.45) is 0 Å². The topological polar surface area (TPSA) is 89.5 Å². The number of benzene rings is 2. The lowest BCUT2D eigenvalue weighted by Gasteiger charge is -2.21. The van der Waals surface area contributed by atoms with Crippen molar-refractivity contribution in [1.82, 2.24) is 5.48 Å². The molecule has 0 fully saturated rings. The SMILES string of the molecule is CCCCCC(=O)C[N+](C=O)(C=O)C(=O)NOCC1c2ccccc2-c2ccccc21. The minimum Gasteiger partial charge on any atom is -0.293 e. The van der Waals surface area contributed by atoms with Crippen molar-refractivity contribution in [2.75, 3.05) is 13.2 Å². The summed E-state index contributed by atoms with van der Waals surface area (Å²) in [6, 6.07) is 15.0. The molecule has 3 rings (SSSR count). The number of rotatable bonds is 11. The first-order valence-electron chi connectivity index (χ1n) is 10.5. The molecule has 1 N–H and O–H groups in total. The lowest BCUT2D eigenvalue weighted by atomic mass is 9.98. The minimum absolute atomic E-state index is 0.0993. The van der Waals surface area contributed by atoms with Gasteiger partial charge in [-0.2, -0.15) is 5.48 Å². The number of quaternary nitrogens is 1. The monoisotopic (exact) mass is 423 g/mol. The van der Waals surface area contributed by atoms with Crippen molar-refractivity contribution < 1.29 is 28.5 Å². The third kappa shape index (κ3) is 4.78. The summed E-state index contributed by atoms with van der Waals surface area (Å²) in [6.07, 6.45) is 3.03. The van der Waals surface area contributed by atoms with Crippen LogP contribution in [0.4, 0.5) is 4.79 Å². The van der Waals surface area contributed by atoms with Gasteiger partial charge in [0.2, 0.25) is 0 Å². The molecule has 0 bridgehead atoms. The standard InChI is InChI=1S/C24H26N2O5/c1-2-3-4-9-18(29)14-26(16-27,17-28)24(30)25-31-15-23-21-12-7-5-10-19(21)20-11-6-8-13-22(20)23/h5-8,10-13,16-17,23H,2-4,9,14-15H2,1H3/p+1. The predicted molar refractivity (Wildman–Crippen MR) is 115 cm³/mol. The Labute approximate surface area is 181 Å². The van der Waals surface area contributed by atoms with Crippen molar-refractivity contribution in [1.29, 1.82) is 0 Å². The molecule has 31 heavy (non-hydrogen) atoms. The number of unbranched alkanes of at least 4 members (excludes halogenated alkanes) is 2. The lowest BCUT2D eigenvalue weighted by molar-refractivity contribution is -0.668. The van der Waals surface area contributed by atoms with E-state index in [1.807, 2.05) is 55.5 Å². The molecule has 1 aliphatic rings. The second-order valence-electron chi connectivity index (χ2n) is 7.74. The highest BCUT2D eigenvalue weighted by atomic mass is 16.7. The van der Waals surface area contributed by atoms with Crippen LogP contribution in [0.1, 0.15) is 49.7 Å². The molecule has 0 saturated heterocycles. The molecule has 0 radical (unpaired) electrons. The Morgan fingerprint density at radius 2 is 1.55 bits per heavy atom. The first-order valence-corrected chi connectivity index (χ1v) is 10.5. The maximum atomic E-state index is 12.6. The van der Waals surface area contributed by atoms with Gasteiger partial charge in [-0.15, -0.1) is 4.48 Å². The van der Waals surface area contributed by atoms with Crippen molar-refractivity contribution >= 4 is 24.6 Å². The van der Waals surface area contributed by atoms with E-state index in [1.165, 1.54) is 0 Å². The number of amides is 4. The van der Waals surface area contributed by atoms with Gasteiger partial charge < -0.3 is 0 Å². The molecule has 4 amide bonds. The van der Waals surface area contributed by atoms with Crippen LogP contribution in [0.2, 0.25) is 0 Å². The number of nitrogens with one attached hydrogen (secondary N) is 1.